The molecule has 0 aliphatic rings. The van der Waals surface area contributed by atoms with Crippen LogP contribution in [-0.4, -0.2) is 54.6 Å². The topological polar surface area (TPSA) is 95.7 Å². The van der Waals surface area contributed by atoms with E-state index >= 15 is 0 Å². The van der Waals surface area contributed by atoms with Crippen LogP contribution in [0.4, 0.5) is 0 Å². The highest BCUT2D eigenvalue weighted by atomic mass is 16.3. The van der Waals surface area contributed by atoms with Gasteiger partial charge in [0.15, 0.2) is 0 Å². The quantitative estimate of drug-likeness (QED) is 0.295. The molecular weight excluding hydrogens is 462 g/mol. The molecule has 6 nitrogen and oxygen atoms in total. The number of carbonyl (C=O) groups is 2. The number of likely N-dealkylation sites (N-methyl/N-ethyl adjacent to an activating group) is 1. The molecule has 4 N–H and O–H groups in total. The van der Waals surface area contributed by atoms with Crippen LogP contribution in [0.2, 0.25) is 0 Å². The molecule has 37 heavy (non-hydrogen) atoms. The van der Waals surface area contributed by atoms with E-state index in [2.05, 4.69) is 11.4 Å². The zero-order valence-electron chi connectivity index (χ0n) is 21.3. The van der Waals surface area contributed by atoms with Crippen molar-refractivity contribution in [2.24, 2.45) is 11.7 Å². The summed E-state index contributed by atoms with van der Waals surface area (Å²) in [5, 5.41) is 17.5. The Balaban J connectivity index is 1.52. The number of nitrogens with zero attached hydrogens (tertiary/aromatic N) is 1. The van der Waals surface area contributed by atoms with Crippen molar-refractivity contribution in [3.63, 3.8) is 0 Å². The number of aliphatic hydroxyl groups is 1. The van der Waals surface area contributed by atoms with E-state index in [-0.39, 0.29) is 18.4 Å². The van der Waals surface area contributed by atoms with Crippen LogP contribution in [0.1, 0.15) is 17.5 Å². The van der Waals surface area contributed by atoms with Crippen molar-refractivity contribution in [1.29, 1.82) is 0 Å². The Morgan fingerprint density at radius 3 is 1.92 bits per heavy atom. The molecule has 0 saturated carbocycles. The number of nitrogens with two attached hydrogens (primary N) is 1. The van der Waals surface area contributed by atoms with Crippen molar-refractivity contribution in [2.75, 3.05) is 26.7 Å². The highest BCUT2D eigenvalue weighted by Crippen LogP contribution is 2.20. The second kappa shape index (κ2) is 12.5. The van der Waals surface area contributed by atoms with Crippen LogP contribution in [0.25, 0.3) is 21.5 Å². The number of rotatable bonds is 11. The Labute approximate surface area is 218 Å². The summed E-state index contributed by atoms with van der Waals surface area (Å²) < 4.78 is 0. The average molecular weight is 498 g/mol. The third-order valence-electron chi connectivity index (χ3n) is 6.83. The van der Waals surface area contributed by atoms with Gasteiger partial charge in [-0.3, -0.25) is 9.59 Å². The van der Waals surface area contributed by atoms with E-state index in [1.807, 2.05) is 78.9 Å². The first-order chi connectivity index (χ1) is 18.0. The second-order valence-electron chi connectivity index (χ2n) is 9.61. The minimum atomic E-state index is -0.748. The molecule has 0 heterocycles. The molecule has 0 bridgehead atoms. The number of nitrogens with one attached hydrogen (secondary N) is 1. The third-order valence-corrected chi connectivity index (χ3v) is 6.83. The molecule has 0 spiro atoms. The van der Waals surface area contributed by atoms with Crippen LogP contribution >= 0.6 is 0 Å². The molecule has 0 radical (unpaired) electrons. The Kier molecular flexibility index (Phi) is 8.88. The maximum Gasteiger partial charge on any atom is 0.245 e. The van der Waals surface area contributed by atoms with Gasteiger partial charge in [-0.1, -0.05) is 84.9 Å². The molecule has 0 unspecified atom stereocenters. The molecule has 0 fully saturated rings. The van der Waals surface area contributed by atoms with Gasteiger partial charge in [-0.25, -0.2) is 0 Å². The number of benzene rings is 4. The lowest BCUT2D eigenvalue weighted by atomic mass is 9.96. The van der Waals surface area contributed by atoms with Crippen LogP contribution in [0, 0.1) is 5.92 Å². The number of aliphatic hydroxyl groups excluding tert-OH is 1. The van der Waals surface area contributed by atoms with E-state index in [0.29, 0.717) is 32.4 Å². The van der Waals surface area contributed by atoms with E-state index in [4.69, 9.17) is 5.73 Å². The molecule has 2 amide bonds. The number of carbonyl (C=O) groups excluding carboxylic acids is 2. The van der Waals surface area contributed by atoms with Crippen LogP contribution in [0.15, 0.2) is 84.9 Å². The Morgan fingerprint density at radius 1 is 0.838 bits per heavy atom. The molecule has 0 aliphatic carbocycles. The Morgan fingerprint density at radius 2 is 1.38 bits per heavy atom. The largest absolute Gasteiger partial charge is 0.396 e. The highest BCUT2D eigenvalue weighted by molar-refractivity contribution is 5.89. The predicted molar refractivity (Wildman–Crippen MR) is 149 cm³/mol. The summed E-state index contributed by atoms with van der Waals surface area (Å²) in [6, 6.07) is 27.5. The van der Waals surface area contributed by atoms with E-state index in [1.54, 1.807) is 11.9 Å². The zero-order valence-corrected chi connectivity index (χ0v) is 21.3. The monoisotopic (exact) mass is 497 g/mol. The van der Waals surface area contributed by atoms with E-state index in [9.17, 15) is 14.7 Å². The minimum Gasteiger partial charge on any atom is -0.396 e. The number of hydrogen-bond acceptors (Lipinski definition) is 4. The first kappa shape index (κ1) is 26.3. The molecular formula is C31H35N3O3. The van der Waals surface area contributed by atoms with Crippen LogP contribution in [0.3, 0.4) is 0 Å². The lowest BCUT2D eigenvalue weighted by molar-refractivity contribution is -0.137. The molecule has 4 rings (SSSR count). The zero-order chi connectivity index (χ0) is 26.2. The van der Waals surface area contributed by atoms with Gasteiger partial charge in [-0.15, -0.1) is 0 Å². The summed E-state index contributed by atoms with van der Waals surface area (Å²) in [5.74, 6) is -1.17. The smallest absolute Gasteiger partial charge is 0.245 e. The fraction of sp³-hybridized carbons (Fsp3) is 0.290. The van der Waals surface area contributed by atoms with Gasteiger partial charge in [0.05, 0.1) is 12.5 Å². The summed E-state index contributed by atoms with van der Waals surface area (Å²) in [5.41, 5.74) is 7.56. The molecule has 6 heteroatoms. The fourth-order valence-corrected chi connectivity index (χ4v) is 4.69. The maximum atomic E-state index is 13.4. The third kappa shape index (κ3) is 6.73. The van der Waals surface area contributed by atoms with E-state index in [0.717, 1.165) is 32.7 Å². The van der Waals surface area contributed by atoms with Crippen molar-refractivity contribution in [2.45, 2.75) is 25.3 Å². The van der Waals surface area contributed by atoms with Crippen LogP contribution < -0.4 is 11.1 Å². The van der Waals surface area contributed by atoms with Crippen LogP contribution in [-0.2, 0) is 22.4 Å². The van der Waals surface area contributed by atoms with Crippen molar-refractivity contribution in [3.05, 3.63) is 96.1 Å². The van der Waals surface area contributed by atoms with Gasteiger partial charge in [0.2, 0.25) is 11.8 Å². The standard InChI is InChI=1S/C31H35N3O3/c1-34(16-6-15-32)31(37)29(20-23-12-14-25-8-3-5-10-27(25)18-23)33-30(36)28(21-35)19-22-11-13-24-7-2-4-9-26(24)17-22/h2-5,7-14,17-18,28-29,35H,6,15-16,19-21,32H2,1H3,(H,33,36)/t28-,29+/m1/s1. The number of hydrogen-bond donors (Lipinski definition) is 3. The highest BCUT2D eigenvalue weighted by Gasteiger charge is 2.28. The molecule has 4 aromatic rings. The van der Waals surface area contributed by atoms with Crippen molar-refractivity contribution < 1.29 is 14.7 Å². The predicted octanol–water partition coefficient (Wildman–Crippen LogP) is 3.68. The van der Waals surface area contributed by atoms with Gasteiger partial charge in [0.1, 0.15) is 6.04 Å². The molecule has 2 atom stereocenters. The molecule has 192 valence electrons. The van der Waals surface area contributed by atoms with Gasteiger partial charge < -0.3 is 21.1 Å². The molecule has 0 saturated heterocycles. The van der Waals surface area contributed by atoms with Gasteiger partial charge in [0.25, 0.3) is 0 Å². The SMILES string of the molecule is CN(CCCN)C(=O)[C@H](Cc1ccc2ccccc2c1)NC(=O)[C@@H](CO)Cc1ccc2ccccc2c1. The minimum absolute atomic E-state index is 0.169. The average Bonchev–Trinajstić information content (AvgIpc) is 2.93. The summed E-state index contributed by atoms with van der Waals surface area (Å²) in [7, 11) is 1.73. The van der Waals surface area contributed by atoms with Gasteiger partial charge in [0, 0.05) is 20.0 Å². The normalized spacial score (nSPS) is 12.8. The summed E-state index contributed by atoms with van der Waals surface area (Å²) >= 11 is 0. The summed E-state index contributed by atoms with van der Waals surface area (Å²) in [6.07, 6.45) is 1.42. The molecule has 4 aromatic carbocycles. The van der Waals surface area contributed by atoms with Gasteiger partial charge in [-0.05, 0) is 52.1 Å². The Bertz CT molecular complexity index is 1370. The fourth-order valence-electron chi connectivity index (χ4n) is 4.69. The lowest BCUT2D eigenvalue weighted by Crippen LogP contribution is -2.51. The van der Waals surface area contributed by atoms with Crippen molar-refractivity contribution in [3.8, 4) is 0 Å². The first-order valence-electron chi connectivity index (χ1n) is 12.8. The number of fused-ring (bicyclic) bond motifs is 2. The Hall–Kier alpha value is -3.74. The lowest BCUT2D eigenvalue weighted by Gasteiger charge is -2.26. The molecule has 0 aromatic heterocycles. The van der Waals surface area contributed by atoms with Gasteiger partial charge in [-0.2, -0.15) is 0 Å². The second-order valence-corrected chi connectivity index (χ2v) is 9.61. The van der Waals surface area contributed by atoms with E-state index in [1.165, 1.54) is 0 Å². The molecule has 0 aliphatic heterocycles. The summed E-state index contributed by atoms with van der Waals surface area (Å²) in [4.78, 5) is 28.3. The summed E-state index contributed by atoms with van der Waals surface area (Å²) in [6.45, 7) is 0.691. The van der Waals surface area contributed by atoms with Crippen molar-refractivity contribution >= 4 is 33.4 Å². The number of amides is 2. The maximum absolute atomic E-state index is 13.4. The first-order valence-corrected chi connectivity index (χ1v) is 12.8. The van der Waals surface area contributed by atoms with Gasteiger partial charge >= 0.3 is 0 Å². The van der Waals surface area contributed by atoms with Crippen LogP contribution in [0.5, 0.6) is 0 Å². The van der Waals surface area contributed by atoms with E-state index < -0.39 is 12.0 Å². The van der Waals surface area contributed by atoms with Crippen molar-refractivity contribution in [1.82, 2.24) is 10.2 Å².